The second-order valence-corrected chi connectivity index (χ2v) is 8.11. The third-order valence-electron chi connectivity index (χ3n) is 4.30. The van der Waals surface area contributed by atoms with Crippen molar-refractivity contribution in [1.29, 1.82) is 0 Å². The van der Waals surface area contributed by atoms with Crippen LogP contribution in [0.1, 0.15) is 37.5 Å². The highest BCUT2D eigenvalue weighted by Gasteiger charge is 2.52. The lowest BCUT2D eigenvalue weighted by Crippen LogP contribution is -2.68. The number of hydrogen-bond donors (Lipinski definition) is 1. The summed E-state index contributed by atoms with van der Waals surface area (Å²) in [4.78, 5) is 27.9. The fourth-order valence-electron chi connectivity index (χ4n) is 3.24. The topological polar surface area (TPSA) is 49.4 Å². The molecule has 1 aromatic heterocycles. The molecule has 1 N–H and O–H groups in total. The molecule has 2 aliphatic rings. The summed E-state index contributed by atoms with van der Waals surface area (Å²) in [6.07, 6.45) is 3.59. The Morgan fingerprint density at radius 2 is 2.10 bits per heavy atom. The van der Waals surface area contributed by atoms with Crippen molar-refractivity contribution >= 4 is 39.1 Å². The molecule has 1 aromatic rings. The Morgan fingerprint density at radius 3 is 2.70 bits per heavy atom. The maximum absolute atomic E-state index is 12.5. The van der Waals surface area contributed by atoms with Gasteiger partial charge in [0, 0.05) is 4.88 Å². The zero-order valence-corrected chi connectivity index (χ0v) is 13.7. The molecule has 6 heteroatoms. The van der Waals surface area contributed by atoms with Gasteiger partial charge in [-0.25, -0.2) is 0 Å². The molecule has 1 atom stereocenters. The Kier molecular flexibility index (Phi) is 3.62. The van der Waals surface area contributed by atoms with Gasteiger partial charge < -0.3 is 10.2 Å². The van der Waals surface area contributed by atoms with Crippen molar-refractivity contribution in [2.75, 3.05) is 0 Å². The van der Waals surface area contributed by atoms with E-state index in [0.29, 0.717) is 6.54 Å². The van der Waals surface area contributed by atoms with E-state index in [-0.39, 0.29) is 11.8 Å². The minimum absolute atomic E-state index is 0.0257. The van der Waals surface area contributed by atoms with Crippen LogP contribution < -0.4 is 5.32 Å². The maximum atomic E-state index is 12.5. The summed E-state index contributed by atoms with van der Waals surface area (Å²) in [6.45, 7) is 2.30. The molecule has 1 spiro atoms. The van der Waals surface area contributed by atoms with E-state index in [0.717, 1.165) is 34.3 Å². The Labute approximate surface area is 130 Å². The number of nitrogens with zero attached hydrogens (tertiary/aromatic N) is 1. The van der Waals surface area contributed by atoms with E-state index in [4.69, 9.17) is 0 Å². The molecule has 20 heavy (non-hydrogen) atoms. The number of carbonyl (C=O) groups is 2. The van der Waals surface area contributed by atoms with Crippen molar-refractivity contribution in [1.82, 2.24) is 10.2 Å². The van der Waals surface area contributed by atoms with E-state index in [1.165, 1.54) is 0 Å². The summed E-state index contributed by atoms with van der Waals surface area (Å²) in [7, 11) is 0. The van der Waals surface area contributed by atoms with Crippen molar-refractivity contribution < 1.29 is 9.59 Å². The summed E-state index contributed by atoms with van der Waals surface area (Å²) in [6, 6.07) is 3.58. The van der Waals surface area contributed by atoms with Gasteiger partial charge in [-0.2, -0.15) is 0 Å². The van der Waals surface area contributed by atoms with Crippen LogP contribution in [-0.2, 0) is 16.1 Å². The standard InChI is InChI=1S/C14H17BrN2O2S/c1-9-12(18)17(8-10-4-5-11(15)20-10)14(13(19)16-9)6-2-3-7-14/h4-5,9H,2-3,6-8H2,1H3,(H,16,19). The van der Waals surface area contributed by atoms with Crippen LogP contribution in [0.25, 0.3) is 0 Å². The molecule has 1 aliphatic carbocycles. The number of carbonyl (C=O) groups excluding carboxylic acids is 2. The van der Waals surface area contributed by atoms with Crippen LogP contribution in [0.3, 0.4) is 0 Å². The molecule has 3 rings (SSSR count). The van der Waals surface area contributed by atoms with E-state index >= 15 is 0 Å². The first kappa shape index (κ1) is 14.1. The highest BCUT2D eigenvalue weighted by Crippen LogP contribution is 2.39. The molecule has 2 fully saturated rings. The van der Waals surface area contributed by atoms with Crippen LogP contribution >= 0.6 is 27.3 Å². The van der Waals surface area contributed by atoms with E-state index in [1.54, 1.807) is 18.3 Å². The van der Waals surface area contributed by atoms with Gasteiger partial charge in [-0.1, -0.05) is 12.8 Å². The normalized spacial score (nSPS) is 25.3. The number of amides is 2. The zero-order chi connectivity index (χ0) is 14.3. The fourth-order valence-corrected chi connectivity index (χ4v) is 4.71. The number of rotatable bonds is 2. The van der Waals surface area contributed by atoms with E-state index in [1.807, 2.05) is 17.0 Å². The highest BCUT2D eigenvalue weighted by atomic mass is 79.9. The molecule has 4 nitrogen and oxygen atoms in total. The predicted octanol–water partition coefficient (Wildman–Crippen LogP) is 2.67. The largest absolute Gasteiger partial charge is 0.343 e. The smallest absolute Gasteiger partial charge is 0.246 e. The third-order valence-corrected chi connectivity index (χ3v) is 5.91. The predicted molar refractivity (Wildman–Crippen MR) is 81.4 cm³/mol. The van der Waals surface area contributed by atoms with Crippen LogP contribution in [0.15, 0.2) is 15.9 Å². The average Bonchev–Trinajstić information content (AvgIpc) is 3.03. The lowest BCUT2D eigenvalue weighted by Gasteiger charge is -2.45. The lowest BCUT2D eigenvalue weighted by atomic mass is 9.89. The zero-order valence-electron chi connectivity index (χ0n) is 11.3. The lowest BCUT2D eigenvalue weighted by molar-refractivity contribution is -0.157. The maximum Gasteiger partial charge on any atom is 0.246 e. The summed E-state index contributed by atoms with van der Waals surface area (Å²) < 4.78 is 1.05. The molecule has 1 saturated carbocycles. The Bertz CT molecular complexity index is 551. The van der Waals surface area contributed by atoms with Crippen molar-refractivity contribution in [2.24, 2.45) is 0 Å². The second kappa shape index (κ2) is 5.15. The molecule has 108 valence electrons. The van der Waals surface area contributed by atoms with Crippen LogP contribution in [0.2, 0.25) is 0 Å². The first-order valence-corrected chi connectivity index (χ1v) is 8.50. The summed E-state index contributed by atoms with van der Waals surface area (Å²) >= 11 is 5.07. The molecule has 0 aromatic carbocycles. The molecule has 0 bridgehead atoms. The van der Waals surface area contributed by atoms with E-state index in [9.17, 15) is 9.59 Å². The summed E-state index contributed by atoms with van der Waals surface area (Å²) in [5.41, 5.74) is -0.611. The highest BCUT2D eigenvalue weighted by molar-refractivity contribution is 9.11. The molecular formula is C14H17BrN2O2S. The van der Waals surface area contributed by atoms with Crippen molar-refractivity contribution in [3.8, 4) is 0 Å². The second-order valence-electron chi connectivity index (χ2n) is 5.56. The van der Waals surface area contributed by atoms with Crippen LogP contribution in [-0.4, -0.2) is 28.3 Å². The minimum atomic E-state index is -0.611. The SMILES string of the molecule is CC1NC(=O)C2(CCCC2)N(Cc2ccc(Br)s2)C1=O. The summed E-state index contributed by atoms with van der Waals surface area (Å²) in [5.74, 6) is 0.0637. The number of nitrogens with one attached hydrogen (secondary N) is 1. The fraction of sp³-hybridized carbons (Fsp3) is 0.571. The van der Waals surface area contributed by atoms with Gasteiger partial charge in [0.2, 0.25) is 11.8 Å². The van der Waals surface area contributed by atoms with Gasteiger partial charge in [0.1, 0.15) is 11.6 Å². The van der Waals surface area contributed by atoms with Crippen molar-refractivity contribution in [3.05, 3.63) is 20.8 Å². The van der Waals surface area contributed by atoms with Crippen LogP contribution in [0, 0.1) is 0 Å². The van der Waals surface area contributed by atoms with Gasteiger partial charge in [-0.15, -0.1) is 11.3 Å². The molecular weight excluding hydrogens is 340 g/mol. The van der Waals surface area contributed by atoms with Gasteiger partial charge in [0.15, 0.2) is 0 Å². The van der Waals surface area contributed by atoms with Gasteiger partial charge in [-0.05, 0) is 47.8 Å². The summed E-state index contributed by atoms with van der Waals surface area (Å²) in [5, 5.41) is 2.85. The number of halogens is 1. The van der Waals surface area contributed by atoms with Gasteiger partial charge in [0.25, 0.3) is 0 Å². The monoisotopic (exact) mass is 356 g/mol. The molecule has 2 amide bonds. The third kappa shape index (κ3) is 2.19. The molecule has 2 heterocycles. The van der Waals surface area contributed by atoms with Crippen LogP contribution in [0.5, 0.6) is 0 Å². The number of thiophene rings is 1. The number of hydrogen-bond acceptors (Lipinski definition) is 3. The van der Waals surface area contributed by atoms with Gasteiger partial charge >= 0.3 is 0 Å². The molecule has 1 saturated heterocycles. The van der Waals surface area contributed by atoms with Gasteiger partial charge in [0.05, 0.1) is 10.3 Å². The van der Waals surface area contributed by atoms with E-state index in [2.05, 4.69) is 21.2 Å². The molecule has 1 aliphatic heterocycles. The Morgan fingerprint density at radius 1 is 1.40 bits per heavy atom. The first-order valence-electron chi connectivity index (χ1n) is 6.89. The average molecular weight is 357 g/mol. The Balaban J connectivity index is 1.93. The molecule has 1 unspecified atom stereocenters. The van der Waals surface area contributed by atoms with E-state index < -0.39 is 11.6 Å². The first-order chi connectivity index (χ1) is 9.53. The minimum Gasteiger partial charge on any atom is -0.343 e. The van der Waals surface area contributed by atoms with Crippen molar-refractivity contribution in [2.45, 2.75) is 50.7 Å². The Hall–Kier alpha value is -0.880. The molecule has 0 radical (unpaired) electrons. The van der Waals surface area contributed by atoms with Crippen molar-refractivity contribution in [3.63, 3.8) is 0 Å². The number of piperazine rings is 1. The van der Waals surface area contributed by atoms with Gasteiger partial charge in [-0.3, -0.25) is 9.59 Å². The van der Waals surface area contributed by atoms with Crippen LogP contribution in [0.4, 0.5) is 0 Å². The quantitative estimate of drug-likeness (QED) is 0.885.